The molecular weight excluding hydrogens is 275 g/mol. The lowest BCUT2D eigenvalue weighted by Gasteiger charge is -2.10. The molecule has 0 aliphatic carbocycles. The molecule has 0 saturated heterocycles. The minimum absolute atomic E-state index is 0. The van der Waals surface area contributed by atoms with Gasteiger partial charge >= 0.3 is 0 Å². The summed E-state index contributed by atoms with van der Waals surface area (Å²) in [5.41, 5.74) is 0.606. The van der Waals surface area contributed by atoms with Crippen molar-refractivity contribution in [2.75, 3.05) is 26.0 Å². The van der Waals surface area contributed by atoms with E-state index in [1.165, 1.54) is 0 Å². The van der Waals surface area contributed by atoms with Crippen LogP contribution in [0.4, 0.5) is 5.69 Å². The van der Waals surface area contributed by atoms with Gasteiger partial charge in [-0.1, -0.05) is 11.6 Å². The highest BCUT2D eigenvalue weighted by molar-refractivity contribution is 6.31. The van der Waals surface area contributed by atoms with E-state index in [1.54, 1.807) is 25.3 Å². The predicted octanol–water partition coefficient (Wildman–Crippen LogP) is 2.71. The highest BCUT2D eigenvalue weighted by Gasteiger charge is 2.07. The lowest BCUT2D eigenvalue weighted by atomic mass is 10.2. The van der Waals surface area contributed by atoms with Crippen LogP contribution in [0.2, 0.25) is 5.02 Å². The Kier molecular flexibility index (Phi) is 8.54. The second-order valence-corrected chi connectivity index (χ2v) is 4.04. The summed E-state index contributed by atoms with van der Waals surface area (Å²) in [5.74, 6) is 0.567. The highest BCUT2D eigenvalue weighted by Crippen LogP contribution is 2.27. The van der Waals surface area contributed by atoms with Crippen LogP contribution in [0.15, 0.2) is 18.2 Å². The second kappa shape index (κ2) is 9.03. The number of nitrogens with one attached hydrogen (secondary N) is 2. The maximum Gasteiger partial charge on any atom is 0.224 e. The zero-order chi connectivity index (χ0) is 12.7. The number of ether oxygens (including phenoxy) is 1. The number of carbonyl (C=O) groups is 1. The lowest BCUT2D eigenvalue weighted by Crippen LogP contribution is -2.15. The molecule has 102 valence electrons. The standard InChI is InChI=1S/C12H17ClN2O2.ClH/c1-14-7-3-4-12(16)15-10-8-9(13)5-6-11(10)17-2;/h5-6,8,14H,3-4,7H2,1-2H3,(H,15,16);1H. The minimum atomic E-state index is -0.0409. The molecule has 0 unspecified atom stereocenters. The smallest absolute Gasteiger partial charge is 0.224 e. The average Bonchev–Trinajstić information content (AvgIpc) is 2.29. The summed E-state index contributed by atoms with van der Waals surface area (Å²) >= 11 is 5.87. The number of anilines is 1. The largest absolute Gasteiger partial charge is 0.495 e. The molecule has 6 heteroatoms. The fourth-order valence-corrected chi connectivity index (χ4v) is 1.59. The van der Waals surface area contributed by atoms with Gasteiger partial charge in [0.25, 0.3) is 0 Å². The third-order valence-electron chi connectivity index (χ3n) is 2.27. The van der Waals surface area contributed by atoms with Gasteiger partial charge in [-0.3, -0.25) is 4.79 Å². The zero-order valence-corrected chi connectivity index (χ0v) is 12.0. The van der Waals surface area contributed by atoms with Crippen LogP contribution in [0, 0.1) is 0 Å². The fourth-order valence-electron chi connectivity index (χ4n) is 1.42. The Labute approximate surface area is 118 Å². The van der Waals surface area contributed by atoms with Crippen LogP contribution in [-0.2, 0) is 4.79 Å². The van der Waals surface area contributed by atoms with Gasteiger partial charge in [0, 0.05) is 11.4 Å². The minimum Gasteiger partial charge on any atom is -0.495 e. The molecule has 1 amide bonds. The predicted molar refractivity (Wildman–Crippen MR) is 77.0 cm³/mol. The van der Waals surface area contributed by atoms with Crippen molar-refractivity contribution in [1.29, 1.82) is 0 Å². The van der Waals surface area contributed by atoms with Crippen LogP contribution >= 0.6 is 24.0 Å². The molecule has 1 aromatic rings. The molecule has 0 aliphatic heterocycles. The highest BCUT2D eigenvalue weighted by atomic mass is 35.5. The van der Waals surface area contributed by atoms with Gasteiger partial charge in [0.1, 0.15) is 5.75 Å². The van der Waals surface area contributed by atoms with Crippen LogP contribution in [-0.4, -0.2) is 26.6 Å². The Morgan fingerprint density at radius 2 is 2.17 bits per heavy atom. The molecule has 0 bridgehead atoms. The van der Waals surface area contributed by atoms with Crippen molar-refractivity contribution >= 4 is 35.6 Å². The molecule has 0 heterocycles. The average molecular weight is 293 g/mol. The van der Waals surface area contributed by atoms with Gasteiger partial charge < -0.3 is 15.4 Å². The summed E-state index contributed by atoms with van der Waals surface area (Å²) in [4.78, 5) is 11.6. The molecule has 0 fully saturated rings. The maximum atomic E-state index is 11.6. The third-order valence-corrected chi connectivity index (χ3v) is 2.50. The normalized spacial score (nSPS) is 9.50. The van der Waals surface area contributed by atoms with Crippen LogP contribution in [0.3, 0.4) is 0 Å². The summed E-state index contributed by atoms with van der Waals surface area (Å²) < 4.78 is 5.14. The molecule has 0 saturated carbocycles. The molecule has 18 heavy (non-hydrogen) atoms. The van der Waals surface area contributed by atoms with Crippen molar-refractivity contribution in [3.63, 3.8) is 0 Å². The van der Waals surface area contributed by atoms with E-state index in [1.807, 2.05) is 7.05 Å². The van der Waals surface area contributed by atoms with E-state index >= 15 is 0 Å². The Morgan fingerprint density at radius 3 is 2.78 bits per heavy atom. The molecule has 0 radical (unpaired) electrons. The number of hydrogen-bond acceptors (Lipinski definition) is 3. The summed E-state index contributed by atoms with van der Waals surface area (Å²) in [6, 6.07) is 5.12. The van der Waals surface area contributed by atoms with Gasteiger partial charge in [0.15, 0.2) is 0 Å². The number of carbonyl (C=O) groups excluding carboxylic acids is 1. The van der Waals surface area contributed by atoms with Crippen molar-refractivity contribution in [1.82, 2.24) is 5.32 Å². The van der Waals surface area contributed by atoms with Crippen molar-refractivity contribution in [2.45, 2.75) is 12.8 Å². The van der Waals surface area contributed by atoms with Gasteiger partial charge in [-0.2, -0.15) is 0 Å². The number of halogens is 2. The number of rotatable bonds is 6. The Balaban J connectivity index is 0.00000289. The van der Waals surface area contributed by atoms with E-state index < -0.39 is 0 Å². The van der Waals surface area contributed by atoms with E-state index in [-0.39, 0.29) is 18.3 Å². The molecule has 2 N–H and O–H groups in total. The van der Waals surface area contributed by atoms with Gasteiger partial charge in [-0.05, 0) is 38.2 Å². The van der Waals surface area contributed by atoms with E-state index in [2.05, 4.69) is 10.6 Å². The van der Waals surface area contributed by atoms with Crippen LogP contribution in [0.1, 0.15) is 12.8 Å². The van der Waals surface area contributed by atoms with Crippen molar-refractivity contribution < 1.29 is 9.53 Å². The number of amides is 1. The van der Waals surface area contributed by atoms with Crippen molar-refractivity contribution in [3.05, 3.63) is 23.2 Å². The number of methoxy groups -OCH3 is 1. The van der Waals surface area contributed by atoms with Gasteiger partial charge in [0.2, 0.25) is 5.91 Å². The maximum absolute atomic E-state index is 11.6. The van der Waals surface area contributed by atoms with E-state index in [9.17, 15) is 4.79 Å². The topological polar surface area (TPSA) is 50.4 Å². The first-order valence-corrected chi connectivity index (χ1v) is 5.83. The second-order valence-electron chi connectivity index (χ2n) is 3.60. The zero-order valence-electron chi connectivity index (χ0n) is 10.5. The summed E-state index contributed by atoms with van der Waals surface area (Å²) in [6.45, 7) is 0.820. The molecule has 0 spiro atoms. The van der Waals surface area contributed by atoms with Crippen LogP contribution in [0.5, 0.6) is 5.75 Å². The van der Waals surface area contributed by atoms with E-state index in [0.29, 0.717) is 22.9 Å². The summed E-state index contributed by atoms with van der Waals surface area (Å²) in [6.07, 6.45) is 1.27. The monoisotopic (exact) mass is 292 g/mol. The van der Waals surface area contributed by atoms with Crippen LogP contribution in [0.25, 0.3) is 0 Å². The van der Waals surface area contributed by atoms with Gasteiger partial charge in [-0.15, -0.1) is 12.4 Å². The van der Waals surface area contributed by atoms with E-state index in [0.717, 1.165) is 13.0 Å². The Morgan fingerprint density at radius 1 is 1.44 bits per heavy atom. The molecule has 4 nitrogen and oxygen atoms in total. The molecule has 1 rings (SSSR count). The molecule has 1 aromatic carbocycles. The fraction of sp³-hybridized carbons (Fsp3) is 0.417. The van der Waals surface area contributed by atoms with E-state index in [4.69, 9.17) is 16.3 Å². The number of benzene rings is 1. The first-order valence-electron chi connectivity index (χ1n) is 5.45. The molecular formula is C12H18Cl2N2O2. The van der Waals surface area contributed by atoms with Gasteiger partial charge in [0.05, 0.1) is 12.8 Å². The summed E-state index contributed by atoms with van der Waals surface area (Å²) in [7, 11) is 3.41. The SMILES string of the molecule is CNCCCC(=O)Nc1cc(Cl)ccc1OC.Cl. The quantitative estimate of drug-likeness (QED) is 0.793. The molecule has 0 aliphatic rings. The third kappa shape index (κ3) is 5.58. The Bertz CT molecular complexity index is 386. The summed E-state index contributed by atoms with van der Waals surface area (Å²) in [5, 5.41) is 6.34. The molecule has 0 aromatic heterocycles. The first kappa shape index (κ1) is 17.0. The van der Waals surface area contributed by atoms with Gasteiger partial charge in [-0.25, -0.2) is 0 Å². The van der Waals surface area contributed by atoms with Crippen molar-refractivity contribution in [3.8, 4) is 5.75 Å². The number of hydrogen-bond donors (Lipinski definition) is 2. The van der Waals surface area contributed by atoms with Crippen LogP contribution < -0.4 is 15.4 Å². The Hall–Kier alpha value is -0.970. The first-order chi connectivity index (χ1) is 8.17. The molecule has 0 atom stereocenters. The lowest BCUT2D eigenvalue weighted by molar-refractivity contribution is -0.116. The van der Waals surface area contributed by atoms with Crippen molar-refractivity contribution in [2.24, 2.45) is 0 Å².